The number of fused-ring (bicyclic) bond motifs is 1. The maximum atomic E-state index is 11.8. The molecule has 1 aromatic rings. The topological polar surface area (TPSA) is 29.1 Å². The van der Waals surface area contributed by atoms with E-state index in [2.05, 4.69) is 36.5 Å². The number of carbonyl (C=O) groups is 1. The van der Waals surface area contributed by atoms with E-state index in [0.717, 1.165) is 38.6 Å². The van der Waals surface area contributed by atoms with Crippen LogP contribution in [0.25, 0.3) is 0 Å². The lowest BCUT2D eigenvalue weighted by molar-refractivity contribution is -0.119. The number of hydrogen-bond donors (Lipinski definition) is 1. The fourth-order valence-corrected chi connectivity index (χ4v) is 3.57. The minimum Gasteiger partial charge on any atom is -0.310 e. The Morgan fingerprint density at radius 1 is 1.04 bits per heavy atom. The quantitative estimate of drug-likeness (QED) is 0.557. The van der Waals surface area contributed by atoms with Gasteiger partial charge in [-0.05, 0) is 43.4 Å². The van der Waals surface area contributed by atoms with Crippen LogP contribution in [0.15, 0.2) is 24.3 Å². The summed E-state index contributed by atoms with van der Waals surface area (Å²) in [7, 11) is 0. The van der Waals surface area contributed by atoms with Gasteiger partial charge in [0.25, 0.3) is 0 Å². The zero-order chi connectivity index (χ0) is 16.3. The predicted molar refractivity (Wildman–Crippen MR) is 97.7 cm³/mol. The largest absolute Gasteiger partial charge is 0.310 e. The number of hydrogen-bond acceptors (Lipinski definition) is 2. The van der Waals surface area contributed by atoms with Crippen LogP contribution in [0.4, 0.5) is 0 Å². The molecule has 0 aliphatic carbocycles. The van der Waals surface area contributed by atoms with Gasteiger partial charge in [0, 0.05) is 18.9 Å². The molecule has 0 radical (unpaired) electrons. The minimum atomic E-state index is 0.474. The average molecular weight is 316 g/mol. The Morgan fingerprint density at radius 3 is 2.57 bits per heavy atom. The van der Waals surface area contributed by atoms with Crippen LogP contribution in [0.2, 0.25) is 0 Å². The SMILES string of the molecule is CCCCCCC(=O)CCCCCC1NCCc2ccccc21. The molecule has 1 N–H and O–H groups in total. The average Bonchev–Trinajstić information content (AvgIpc) is 2.58. The Kier molecular flexibility index (Phi) is 8.38. The summed E-state index contributed by atoms with van der Waals surface area (Å²) in [6, 6.07) is 9.35. The summed E-state index contributed by atoms with van der Waals surface area (Å²) < 4.78 is 0. The monoisotopic (exact) mass is 315 g/mol. The highest BCUT2D eigenvalue weighted by atomic mass is 16.1. The van der Waals surface area contributed by atoms with Gasteiger partial charge in [-0.25, -0.2) is 0 Å². The Morgan fingerprint density at radius 2 is 1.78 bits per heavy atom. The lowest BCUT2D eigenvalue weighted by Gasteiger charge is -2.27. The van der Waals surface area contributed by atoms with Crippen molar-refractivity contribution >= 4 is 5.78 Å². The highest BCUT2D eigenvalue weighted by Crippen LogP contribution is 2.26. The van der Waals surface area contributed by atoms with E-state index in [9.17, 15) is 4.79 Å². The first kappa shape index (κ1) is 18.2. The molecule has 0 saturated carbocycles. The van der Waals surface area contributed by atoms with E-state index in [1.165, 1.54) is 49.7 Å². The molecule has 2 nitrogen and oxygen atoms in total. The molecule has 128 valence electrons. The van der Waals surface area contributed by atoms with Crippen LogP contribution in [-0.2, 0) is 11.2 Å². The van der Waals surface area contributed by atoms with E-state index in [1.54, 1.807) is 0 Å². The van der Waals surface area contributed by atoms with Crippen LogP contribution >= 0.6 is 0 Å². The Balaban J connectivity index is 1.57. The zero-order valence-corrected chi connectivity index (χ0v) is 14.8. The van der Waals surface area contributed by atoms with Gasteiger partial charge >= 0.3 is 0 Å². The molecule has 23 heavy (non-hydrogen) atoms. The van der Waals surface area contributed by atoms with Crippen LogP contribution in [0, 0.1) is 0 Å². The summed E-state index contributed by atoms with van der Waals surface area (Å²) in [6.07, 6.45) is 12.2. The standard InChI is InChI=1S/C21H33NO/c1-2-3-4-6-12-19(23)13-7-5-8-15-21-20-14-10-9-11-18(20)16-17-22-21/h9-11,14,21-22H,2-8,12-13,15-17H2,1H3. The third-order valence-electron chi connectivity index (χ3n) is 4.97. The van der Waals surface area contributed by atoms with Gasteiger partial charge in [-0.15, -0.1) is 0 Å². The molecule has 1 unspecified atom stereocenters. The van der Waals surface area contributed by atoms with E-state index in [4.69, 9.17) is 0 Å². The summed E-state index contributed by atoms with van der Waals surface area (Å²) in [6.45, 7) is 3.30. The van der Waals surface area contributed by atoms with Crippen LogP contribution in [0.1, 0.15) is 88.3 Å². The fraction of sp³-hybridized carbons (Fsp3) is 0.667. The predicted octanol–water partition coefficient (Wildman–Crippen LogP) is 5.36. The number of carbonyl (C=O) groups excluding carboxylic acids is 1. The van der Waals surface area contributed by atoms with Crippen LogP contribution < -0.4 is 5.32 Å². The molecular formula is C21H33NO. The number of Topliss-reactive ketones (excluding diaryl/α,β-unsaturated/α-hetero) is 1. The highest BCUT2D eigenvalue weighted by Gasteiger charge is 2.18. The molecule has 1 aromatic carbocycles. The third kappa shape index (κ3) is 6.47. The normalized spacial score (nSPS) is 17.0. The number of benzene rings is 1. The van der Waals surface area contributed by atoms with Gasteiger partial charge in [0.15, 0.2) is 0 Å². The number of rotatable bonds is 11. The highest BCUT2D eigenvalue weighted by molar-refractivity contribution is 5.78. The first-order chi connectivity index (χ1) is 11.3. The number of unbranched alkanes of at least 4 members (excludes halogenated alkanes) is 5. The summed E-state index contributed by atoms with van der Waals surface area (Å²) in [4.78, 5) is 11.8. The maximum Gasteiger partial charge on any atom is 0.132 e. The first-order valence-corrected chi connectivity index (χ1v) is 9.64. The second-order valence-electron chi connectivity index (χ2n) is 6.90. The Hall–Kier alpha value is -1.15. The van der Waals surface area contributed by atoms with E-state index in [0.29, 0.717) is 11.8 Å². The first-order valence-electron chi connectivity index (χ1n) is 9.64. The van der Waals surface area contributed by atoms with Crippen molar-refractivity contribution < 1.29 is 4.79 Å². The smallest absolute Gasteiger partial charge is 0.132 e. The summed E-state index contributed by atoms with van der Waals surface area (Å²) in [5, 5.41) is 3.65. The second kappa shape index (κ2) is 10.6. The van der Waals surface area contributed by atoms with Gasteiger partial charge in [-0.2, -0.15) is 0 Å². The van der Waals surface area contributed by atoms with Crippen molar-refractivity contribution in [2.45, 2.75) is 83.6 Å². The molecule has 0 saturated heterocycles. The van der Waals surface area contributed by atoms with E-state index in [1.807, 2.05) is 0 Å². The van der Waals surface area contributed by atoms with Crippen molar-refractivity contribution in [2.24, 2.45) is 0 Å². The van der Waals surface area contributed by atoms with Crippen molar-refractivity contribution in [3.8, 4) is 0 Å². The number of ketones is 1. The van der Waals surface area contributed by atoms with E-state index in [-0.39, 0.29) is 0 Å². The van der Waals surface area contributed by atoms with Crippen LogP contribution in [-0.4, -0.2) is 12.3 Å². The Labute approximate surface area is 142 Å². The van der Waals surface area contributed by atoms with Crippen LogP contribution in [0.5, 0.6) is 0 Å². The van der Waals surface area contributed by atoms with E-state index < -0.39 is 0 Å². The van der Waals surface area contributed by atoms with Gasteiger partial charge in [-0.1, -0.05) is 63.3 Å². The molecule has 1 aliphatic heterocycles. The van der Waals surface area contributed by atoms with Crippen LogP contribution in [0.3, 0.4) is 0 Å². The van der Waals surface area contributed by atoms with Crippen molar-refractivity contribution in [3.63, 3.8) is 0 Å². The molecule has 2 heteroatoms. The fourth-order valence-electron chi connectivity index (χ4n) is 3.57. The molecule has 0 fully saturated rings. The molecular weight excluding hydrogens is 282 g/mol. The summed E-state index contributed by atoms with van der Waals surface area (Å²) >= 11 is 0. The minimum absolute atomic E-state index is 0.474. The van der Waals surface area contributed by atoms with E-state index >= 15 is 0 Å². The van der Waals surface area contributed by atoms with Crippen molar-refractivity contribution in [2.75, 3.05) is 6.54 Å². The van der Waals surface area contributed by atoms with Crippen molar-refractivity contribution in [1.82, 2.24) is 5.32 Å². The third-order valence-corrected chi connectivity index (χ3v) is 4.97. The van der Waals surface area contributed by atoms with Gasteiger partial charge in [0.2, 0.25) is 0 Å². The van der Waals surface area contributed by atoms with Gasteiger partial charge in [0.1, 0.15) is 5.78 Å². The van der Waals surface area contributed by atoms with Crippen molar-refractivity contribution in [3.05, 3.63) is 35.4 Å². The summed E-state index contributed by atoms with van der Waals surface area (Å²) in [5.74, 6) is 0.474. The molecule has 1 atom stereocenters. The number of nitrogens with one attached hydrogen (secondary N) is 1. The van der Waals surface area contributed by atoms with Gasteiger partial charge in [-0.3, -0.25) is 4.79 Å². The molecule has 1 heterocycles. The Bertz CT molecular complexity index is 469. The second-order valence-corrected chi connectivity index (χ2v) is 6.90. The molecule has 0 bridgehead atoms. The molecule has 0 spiro atoms. The lowest BCUT2D eigenvalue weighted by Crippen LogP contribution is -2.29. The molecule has 0 aromatic heterocycles. The van der Waals surface area contributed by atoms with Gasteiger partial charge in [0.05, 0.1) is 0 Å². The summed E-state index contributed by atoms with van der Waals surface area (Å²) in [5.41, 5.74) is 3.00. The molecule has 2 rings (SSSR count). The maximum absolute atomic E-state index is 11.8. The zero-order valence-electron chi connectivity index (χ0n) is 14.8. The van der Waals surface area contributed by atoms with Crippen molar-refractivity contribution in [1.29, 1.82) is 0 Å². The lowest BCUT2D eigenvalue weighted by atomic mass is 9.91. The molecule has 0 amide bonds. The van der Waals surface area contributed by atoms with Gasteiger partial charge < -0.3 is 5.32 Å². The molecule has 1 aliphatic rings.